The second-order valence-electron chi connectivity index (χ2n) is 8.65. The molecule has 0 unspecified atom stereocenters. The fourth-order valence-corrected chi connectivity index (χ4v) is 4.56. The Balaban J connectivity index is 1.40. The van der Waals surface area contributed by atoms with E-state index in [0.29, 0.717) is 50.9 Å². The van der Waals surface area contributed by atoms with Gasteiger partial charge in [0.2, 0.25) is 5.91 Å². The summed E-state index contributed by atoms with van der Waals surface area (Å²) in [6.07, 6.45) is 0.0677. The highest BCUT2D eigenvalue weighted by Crippen LogP contribution is 2.37. The summed E-state index contributed by atoms with van der Waals surface area (Å²) in [6.45, 7) is 0.147. The van der Waals surface area contributed by atoms with Crippen LogP contribution in [0.2, 0.25) is 0 Å². The van der Waals surface area contributed by atoms with Gasteiger partial charge in [-0.25, -0.2) is 4.39 Å². The first-order valence-electron chi connectivity index (χ1n) is 11.6. The standard InChI is InChI=1S/C27H24FN3O7/c1-35-22-6-3-15(7-23(22)36-2)8-24(32)29-19-4-5-20-21(11-19)31(27(33)25(20)30-34)12-16-9-18(28)10-17-13-37-14-38-26(16)17/h3-7,9-11,34H,8,12-14H2,1-2H3,(H,29,32)/b30-25+. The highest BCUT2D eigenvalue weighted by molar-refractivity contribution is 6.54. The van der Waals surface area contributed by atoms with Crippen LogP contribution in [0.5, 0.6) is 17.2 Å². The molecule has 0 spiro atoms. The number of carbonyl (C=O) groups excluding carboxylic acids is 2. The molecule has 0 saturated carbocycles. The number of amides is 2. The van der Waals surface area contributed by atoms with Gasteiger partial charge in [0, 0.05) is 22.4 Å². The smallest absolute Gasteiger partial charge is 0.281 e. The summed E-state index contributed by atoms with van der Waals surface area (Å²) in [5.74, 6) is 0.153. The fourth-order valence-electron chi connectivity index (χ4n) is 4.56. The maximum Gasteiger partial charge on any atom is 0.281 e. The van der Waals surface area contributed by atoms with Crippen LogP contribution >= 0.6 is 0 Å². The summed E-state index contributed by atoms with van der Waals surface area (Å²) in [4.78, 5) is 27.2. The minimum absolute atomic E-state index is 0.00969. The lowest BCUT2D eigenvalue weighted by molar-refractivity contribution is -0.115. The van der Waals surface area contributed by atoms with Crippen molar-refractivity contribution in [3.05, 3.63) is 76.6 Å². The molecule has 2 N–H and O–H groups in total. The first-order valence-corrected chi connectivity index (χ1v) is 11.6. The Hall–Kier alpha value is -4.64. The topological polar surface area (TPSA) is 119 Å². The van der Waals surface area contributed by atoms with Crippen LogP contribution in [0.15, 0.2) is 53.7 Å². The molecule has 0 atom stereocenters. The molecule has 0 aromatic heterocycles. The van der Waals surface area contributed by atoms with Gasteiger partial charge in [0.1, 0.15) is 11.6 Å². The van der Waals surface area contributed by atoms with E-state index in [0.717, 1.165) is 0 Å². The monoisotopic (exact) mass is 521 g/mol. The lowest BCUT2D eigenvalue weighted by atomic mass is 10.1. The van der Waals surface area contributed by atoms with Gasteiger partial charge in [0.15, 0.2) is 24.0 Å². The van der Waals surface area contributed by atoms with Crippen LogP contribution in [-0.2, 0) is 33.9 Å². The molecular formula is C27H24FN3O7. The zero-order valence-corrected chi connectivity index (χ0v) is 20.6. The number of anilines is 2. The Morgan fingerprint density at radius 1 is 1.13 bits per heavy atom. The Morgan fingerprint density at radius 3 is 2.71 bits per heavy atom. The summed E-state index contributed by atoms with van der Waals surface area (Å²) in [5.41, 5.74) is 2.74. The number of ether oxygens (including phenoxy) is 4. The predicted molar refractivity (Wildman–Crippen MR) is 135 cm³/mol. The third kappa shape index (κ3) is 4.71. The molecule has 3 aromatic rings. The molecule has 2 aliphatic heterocycles. The van der Waals surface area contributed by atoms with Gasteiger partial charge in [-0.3, -0.25) is 9.59 Å². The third-order valence-corrected chi connectivity index (χ3v) is 6.27. The van der Waals surface area contributed by atoms with Crippen LogP contribution in [0.25, 0.3) is 0 Å². The summed E-state index contributed by atoms with van der Waals surface area (Å²) in [5, 5.41) is 15.5. The Bertz CT molecular complexity index is 1460. The quantitative estimate of drug-likeness (QED) is 0.360. The molecule has 11 heteroatoms. The van der Waals surface area contributed by atoms with Crippen LogP contribution in [0.4, 0.5) is 15.8 Å². The maximum absolute atomic E-state index is 14.3. The fraction of sp³-hybridized carbons (Fsp3) is 0.222. The van der Waals surface area contributed by atoms with Crippen molar-refractivity contribution < 1.29 is 38.1 Å². The first-order chi connectivity index (χ1) is 18.4. The molecule has 0 aliphatic carbocycles. The molecule has 10 nitrogen and oxygen atoms in total. The van der Waals surface area contributed by atoms with E-state index < -0.39 is 11.7 Å². The van der Waals surface area contributed by atoms with Crippen molar-refractivity contribution in [2.45, 2.75) is 19.6 Å². The Morgan fingerprint density at radius 2 is 1.95 bits per heavy atom. The maximum atomic E-state index is 14.3. The average molecular weight is 522 g/mol. The molecule has 0 bridgehead atoms. The van der Waals surface area contributed by atoms with E-state index in [9.17, 15) is 19.2 Å². The van der Waals surface area contributed by atoms with E-state index in [1.807, 2.05) is 0 Å². The SMILES string of the molecule is COc1ccc(CC(=O)Nc2ccc3c(c2)N(Cc2cc(F)cc4c2OCOC4)C(=O)/C3=N/O)cc1OC. The molecule has 2 amide bonds. The number of halogens is 1. The van der Waals surface area contributed by atoms with Gasteiger partial charge in [-0.2, -0.15) is 0 Å². The van der Waals surface area contributed by atoms with E-state index in [4.69, 9.17) is 18.9 Å². The highest BCUT2D eigenvalue weighted by atomic mass is 19.1. The number of oxime groups is 1. The molecule has 2 heterocycles. The summed E-state index contributed by atoms with van der Waals surface area (Å²) < 4.78 is 35.6. The number of nitrogens with zero attached hydrogens (tertiary/aromatic N) is 2. The second kappa shape index (κ2) is 10.4. The van der Waals surface area contributed by atoms with Crippen molar-refractivity contribution in [3.63, 3.8) is 0 Å². The van der Waals surface area contributed by atoms with Gasteiger partial charge in [0.25, 0.3) is 5.91 Å². The van der Waals surface area contributed by atoms with Crippen LogP contribution in [0.1, 0.15) is 22.3 Å². The first kappa shape index (κ1) is 25.0. The molecule has 0 radical (unpaired) electrons. The van der Waals surface area contributed by atoms with Gasteiger partial charge >= 0.3 is 0 Å². The average Bonchev–Trinajstić information content (AvgIpc) is 3.18. The predicted octanol–water partition coefficient (Wildman–Crippen LogP) is 3.62. The molecule has 5 rings (SSSR count). The third-order valence-electron chi connectivity index (χ3n) is 6.27. The van der Waals surface area contributed by atoms with E-state index in [2.05, 4.69) is 10.5 Å². The number of carbonyl (C=O) groups is 2. The van der Waals surface area contributed by atoms with Crippen molar-refractivity contribution in [1.29, 1.82) is 0 Å². The Kier molecular flexibility index (Phi) is 6.84. The molecule has 3 aromatic carbocycles. The molecular weight excluding hydrogens is 497 g/mol. The molecule has 2 aliphatic rings. The molecule has 0 fully saturated rings. The molecule has 0 saturated heterocycles. The number of rotatable bonds is 7. The number of methoxy groups -OCH3 is 2. The van der Waals surface area contributed by atoms with Crippen molar-refractivity contribution in [1.82, 2.24) is 0 Å². The van der Waals surface area contributed by atoms with Crippen LogP contribution in [0, 0.1) is 5.82 Å². The molecule has 38 heavy (non-hydrogen) atoms. The number of hydrogen-bond acceptors (Lipinski definition) is 8. The largest absolute Gasteiger partial charge is 0.493 e. The number of nitrogens with one attached hydrogen (secondary N) is 1. The van der Waals surface area contributed by atoms with Crippen molar-refractivity contribution in [2.24, 2.45) is 5.16 Å². The number of hydrogen-bond donors (Lipinski definition) is 2. The van der Waals surface area contributed by atoms with Crippen LogP contribution < -0.4 is 24.4 Å². The van der Waals surface area contributed by atoms with Gasteiger partial charge in [-0.1, -0.05) is 11.2 Å². The van der Waals surface area contributed by atoms with Crippen molar-refractivity contribution in [2.75, 3.05) is 31.2 Å². The van der Waals surface area contributed by atoms with Gasteiger partial charge < -0.3 is 34.4 Å². The van der Waals surface area contributed by atoms with E-state index in [1.54, 1.807) is 36.4 Å². The minimum atomic E-state index is -0.568. The summed E-state index contributed by atoms with van der Waals surface area (Å²) in [6, 6.07) is 12.6. The van der Waals surface area contributed by atoms with Gasteiger partial charge in [0.05, 0.1) is 39.5 Å². The summed E-state index contributed by atoms with van der Waals surface area (Å²) in [7, 11) is 3.05. The number of benzene rings is 3. The normalized spacial score (nSPS) is 15.1. The van der Waals surface area contributed by atoms with Crippen molar-refractivity contribution in [3.8, 4) is 17.2 Å². The highest BCUT2D eigenvalue weighted by Gasteiger charge is 2.36. The van der Waals surface area contributed by atoms with Crippen LogP contribution in [-0.4, -0.2) is 43.7 Å². The van der Waals surface area contributed by atoms with E-state index in [-0.39, 0.29) is 38.0 Å². The van der Waals surface area contributed by atoms with E-state index >= 15 is 0 Å². The second-order valence-corrected chi connectivity index (χ2v) is 8.65. The zero-order valence-electron chi connectivity index (χ0n) is 20.6. The lowest BCUT2D eigenvalue weighted by Gasteiger charge is -2.24. The lowest BCUT2D eigenvalue weighted by Crippen LogP contribution is -2.30. The van der Waals surface area contributed by atoms with E-state index in [1.165, 1.54) is 31.3 Å². The van der Waals surface area contributed by atoms with Gasteiger partial charge in [-0.05, 0) is 48.0 Å². The number of fused-ring (bicyclic) bond motifs is 2. The molecule has 196 valence electrons. The zero-order chi connectivity index (χ0) is 26.8. The van der Waals surface area contributed by atoms with Gasteiger partial charge in [-0.15, -0.1) is 0 Å². The van der Waals surface area contributed by atoms with Crippen LogP contribution in [0.3, 0.4) is 0 Å². The minimum Gasteiger partial charge on any atom is -0.493 e. The summed E-state index contributed by atoms with van der Waals surface area (Å²) >= 11 is 0. The Labute approximate surface area is 217 Å². The van der Waals surface area contributed by atoms with Crippen molar-refractivity contribution >= 4 is 28.9 Å².